The molecular weight excluding hydrogens is 278 g/mol. The smallest absolute Gasteiger partial charge is 0.0568 e. The SMILES string of the molecule is Cc1ccc2c(c1)c(-c1ccccc1)c(-c1ccccc1)n2C. The van der Waals surface area contributed by atoms with Gasteiger partial charge in [0.2, 0.25) is 0 Å². The Kier molecular flexibility index (Phi) is 3.27. The third-order valence-corrected chi connectivity index (χ3v) is 4.46. The minimum Gasteiger partial charge on any atom is -0.343 e. The van der Waals surface area contributed by atoms with Crippen molar-refractivity contribution in [1.82, 2.24) is 4.57 Å². The second-order valence-corrected chi connectivity index (χ2v) is 6.04. The molecule has 0 aliphatic heterocycles. The van der Waals surface area contributed by atoms with Gasteiger partial charge in [-0.3, -0.25) is 0 Å². The summed E-state index contributed by atoms with van der Waals surface area (Å²) >= 11 is 0. The van der Waals surface area contributed by atoms with Gasteiger partial charge in [-0.2, -0.15) is 0 Å². The van der Waals surface area contributed by atoms with Crippen LogP contribution in [-0.4, -0.2) is 4.57 Å². The number of benzene rings is 3. The molecule has 23 heavy (non-hydrogen) atoms. The predicted molar refractivity (Wildman–Crippen MR) is 98.5 cm³/mol. The van der Waals surface area contributed by atoms with Gasteiger partial charge in [-0.1, -0.05) is 72.3 Å². The van der Waals surface area contributed by atoms with Crippen LogP contribution in [0.2, 0.25) is 0 Å². The summed E-state index contributed by atoms with van der Waals surface area (Å²) in [4.78, 5) is 0. The van der Waals surface area contributed by atoms with Gasteiger partial charge in [-0.25, -0.2) is 0 Å². The van der Waals surface area contributed by atoms with Crippen molar-refractivity contribution in [1.29, 1.82) is 0 Å². The second-order valence-electron chi connectivity index (χ2n) is 6.04. The highest BCUT2D eigenvalue weighted by molar-refractivity contribution is 6.04. The van der Waals surface area contributed by atoms with Crippen molar-refractivity contribution in [2.75, 3.05) is 0 Å². The third-order valence-electron chi connectivity index (χ3n) is 4.46. The zero-order valence-corrected chi connectivity index (χ0v) is 13.5. The minimum absolute atomic E-state index is 1.25. The number of aromatic nitrogens is 1. The summed E-state index contributed by atoms with van der Waals surface area (Å²) in [6, 6.07) is 28.0. The van der Waals surface area contributed by atoms with Crippen LogP contribution in [-0.2, 0) is 7.05 Å². The van der Waals surface area contributed by atoms with E-state index in [2.05, 4.69) is 97.4 Å². The van der Waals surface area contributed by atoms with E-state index in [1.165, 1.54) is 38.9 Å². The molecule has 1 aromatic heterocycles. The van der Waals surface area contributed by atoms with Crippen LogP contribution in [0, 0.1) is 6.92 Å². The lowest BCUT2D eigenvalue weighted by molar-refractivity contribution is 0.979. The van der Waals surface area contributed by atoms with Crippen LogP contribution in [0.25, 0.3) is 33.3 Å². The molecule has 0 unspecified atom stereocenters. The molecule has 0 aliphatic carbocycles. The van der Waals surface area contributed by atoms with E-state index in [1.807, 2.05) is 0 Å². The van der Waals surface area contributed by atoms with Crippen molar-refractivity contribution in [3.05, 3.63) is 84.4 Å². The van der Waals surface area contributed by atoms with E-state index >= 15 is 0 Å². The summed E-state index contributed by atoms with van der Waals surface area (Å²) in [5.41, 5.74) is 7.67. The highest BCUT2D eigenvalue weighted by atomic mass is 15.0. The Morgan fingerprint density at radius 1 is 0.696 bits per heavy atom. The first-order valence-corrected chi connectivity index (χ1v) is 7.95. The van der Waals surface area contributed by atoms with Gasteiger partial charge >= 0.3 is 0 Å². The van der Waals surface area contributed by atoms with Crippen molar-refractivity contribution in [3.8, 4) is 22.4 Å². The lowest BCUT2D eigenvalue weighted by atomic mass is 9.98. The molecule has 0 radical (unpaired) electrons. The molecule has 112 valence electrons. The van der Waals surface area contributed by atoms with E-state index < -0.39 is 0 Å². The molecule has 0 saturated heterocycles. The Morgan fingerprint density at radius 3 is 1.96 bits per heavy atom. The summed E-state index contributed by atoms with van der Waals surface area (Å²) in [7, 11) is 2.16. The van der Waals surface area contributed by atoms with Crippen LogP contribution >= 0.6 is 0 Å². The van der Waals surface area contributed by atoms with Crippen LogP contribution in [0.4, 0.5) is 0 Å². The van der Waals surface area contributed by atoms with Crippen molar-refractivity contribution >= 4 is 10.9 Å². The van der Waals surface area contributed by atoms with Crippen LogP contribution in [0.5, 0.6) is 0 Å². The normalized spacial score (nSPS) is 11.0. The van der Waals surface area contributed by atoms with Crippen molar-refractivity contribution in [2.24, 2.45) is 7.05 Å². The molecule has 0 atom stereocenters. The van der Waals surface area contributed by atoms with Gasteiger partial charge in [0.1, 0.15) is 0 Å². The van der Waals surface area contributed by atoms with Crippen LogP contribution < -0.4 is 0 Å². The second kappa shape index (κ2) is 5.44. The Morgan fingerprint density at radius 2 is 1.30 bits per heavy atom. The number of hydrogen-bond donors (Lipinski definition) is 0. The van der Waals surface area contributed by atoms with E-state index in [1.54, 1.807) is 0 Å². The van der Waals surface area contributed by atoms with Crippen LogP contribution in [0.3, 0.4) is 0 Å². The third kappa shape index (κ3) is 2.25. The van der Waals surface area contributed by atoms with Gasteiger partial charge in [-0.15, -0.1) is 0 Å². The molecule has 1 heteroatoms. The van der Waals surface area contributed by atoms with E-state index in [0.717, 1.165) is 0 Å². The first-order chi connectivity index (χ1) is 11.3. The maximum atomic E-state index is 2.31. The van der Waals surface area contributed by atoms with Gasteiger partial charge < -0.3 is 4.57 Å². The monoisotopic (exact) mass is 297 g/mol. The zero-order valence-electron chi connectivity index (χ0n) is 13.5. The lowest BCUT2D eigenvalue weighted by Gasteiger charge is -2.08. The number of aryl methyl sites for hydroxylation is 2. The largest absolute Gasteiger partial charge is 0.343 e. The van der Waals surface area contributed by atoms with E-state index in [9.17, 15) is 0 Å². The zero-order chi connectivity index (χ0) is 15.8. The van der Waals surface area contributed by atoms with Crippen molar-refractivity contribution < 1.29 is 0 Å². The molecular formula is C22H19N. The minimum atomic E-state index is 1.25. The molecule has 1 heterocycles. The molecule has 0 amide bonds. The van der Waals surface area contributed by atoms with E-state index in [0.29, 0.717) is 0 Å². The molecule has 3 aromatic carbocycles. The Balaban J connectivity index is 2.15. The molecule has 0 spiro atoms. The predicted octanol–water partition coefficient (Wildman–Crippen LogP) is 5.82. The topological polar surface area (TPSA) is 4.93 Å². The fourth-order valence-corrected chi connectivity index (χ4v) is 3.39. The molecule has 4 aromatic rings. The molecule has 0 N–H and O–H groups in total. The highest BCUT2D eigenvalue weighted by Crippen LogP contribution is 2.40. The molecule has 0 bridgehead atoms. The fraction of sp³-hybridized carbons (Fsp3) is 0.0909. The lowest BCUT2D eigenvalue weighted by Crippen LogP contribution is -1.92. The van der Waals surface area contributed by atoms with Gasteiger partial charge in [0, 0.05) is 23.5 Å². The maximum absolute atomic E-state index is 2.31. The summed E-state index contributed by atoms with van der Waals surface area (Å²) < 4.78 is 2.31. The molecule has 1 nitrogen and oxygen atoms in total. The summed E-state index contributed by atoms with van der Waals surface area (Å²) in [6.07, 6.45) is 0. The van der Waals surface area contributed by atoms with E-state index in [-0.39, 0.29) is 0 Å². The fourth-order valence-electron chi connectivity index (χ4n) is 3.39. The van der Waals surface area contributed by atoms with Crippen LogP contribution in [0.15, 0.2) is 78.9 Å². The summed E-state index contributed by atoms with van der Waals surface area (Å²) in [5.74, 6) is 0. The van der Waals surface area contributed by atoms with Gasteiger partial charge in [-0.05, 0) is 30.2 Å². The Labute approximate surface area is 136 Å². The van der Waals surface area contributed by atoms with Crippen LogP contribution in [0.1, 0.15) is 5.56 Å². The highest BCUT2D eigenvalue weighted by Gasteiger charge is 2.17. The molecule has 0 saturated carbocycles. The first kappa shape index (κ1) is 13.8. The van der Waals surface area contributed by atoms with E-state index in [4.69, 9.17) is 0 Å². The number of fused-ring (bicyclic) bond motifs is 1. The molecule has 0 fully saturated rings. The average molecular weight is 297 g/mol. The average Bonchev–Trinajstić information content (AvgIpc) is 2.88. The van der Waals surface area contributed by atoms with Gasteiger partial charge in [0.25, 0.3) is 0 Å². The molecule has 0 aliphatic rings. The Bertz CT molecular complexity index is 963. The first-order valence-electron chi connectivity index (χ1n) is 7.95. The van der Waals surface area contributed by atoms with Gasteiger partial charge in [0.05, 0.1) is 5.69 Å². The molecule has 4 rings (SSSR count). The summed E-state index contributed by atoms with van der Waals surface area (Å²) in [6.45, 7) is 2.16. The van der Waals surface area contributed by atoms with Crippen molar-refractivity contribution in [2.45, 2.75) is 6.92 Å². The quantitative estimate of drug-likeness (QED) is 0.439. The number of rotatable bonds is 2. The number of hydrogen-bond acceptors (Lipinski definition) is 0. The van der Waals surface area contributed by atoms with Gasteiger partial charge in [0.15, 0.2) is 0 Å². The summed E-state index contributed by atoms with van der Waals surface area (Å²) in [5, 5.41) is 1.32. The van der Waals surface area contributed by atoms with Crippen molar-refractivity contribution in [3.63, 3.8) is 0 Å². The number of nitrogens with zero attached hydrogens (tertiary/aromatic N) is 1. The Hall–Kier alpha value is -2.80. The standard InChI is InChI=1S/C22H19N/c1-16-13-14-20-19(15-16)21(17-9-5-3-6-10-17)22(23(20)2)18-11-7-4-8-12-18/h3-15H,1-2H3. The maximum Gasteiger partial charge on any atom is 0.0568 e.